The first-order valence-corrected chi connectivity index (χ1v) is 9.14. The fourth-order valence-electron chi connectivity index (χ4n) is 3.58. The van der Waals surface area contributed by atoms with Crippen LogP contribution in [0.5, 0.6) is 0 Å². The normalized spacial score (nSPS) is 16.7. The van der Waals surface area contributed by atoms with Crippen LogP contribution in [0.15, 0.2) is 77.7 Å². The van der Waals surface area contributed by atoms with Crippen molar-refractivity contribution in [1.82, 2.24) is 9.58 Å². The lowest BCUT2D eigenvalue weighted by atomic mass is 9.99. The maximum Gasteiger partial charge on any atom is 0.261 e. The van der Waals surface area contributed by atoms with Crippen molar-refractivity contribution in [1.29, 1.82) is 0 Å². The van der Waals surface area contributed by atoms with Crippen molar-refractivity contribution in [3.05, 3.63) is 99.3 Å². The maximum absolute atomic E-state index is 12.9. The summed E-state index contributed by atoms with van der Waals surface area (Å²) in [5, 5.41) is 1.77. The average Bonchev–Trinajstić information content (AvgIpc) is 3.06. The van der Waals surface area contributed by atoms with Crippen LogP contribution in [0.2, 0.25) is 0 Å². The minimum absolute atomic E-state index is 0.0590. The number of rotatable bonds is 4. The molecule has 1 saturated heterocycles. The van der Waals surface area contributed by atoms with Gasteiger partial charge >= 0.3 is 0 Å². The van der Waals surface area contributed by atoms with Gasteiger partial charge in [0.05, 0.1) is 11.5 Å². The molecule has 1 aliphatic heterocycles. The van der Waals surface area contributed by atoms with Crippen molar-refractivity contribution >= 4 is 0 Å². The Morgan fingerprint density at radius 1 is 1.00 bits per heavy atom. The highest BCUT2D eigenvalue weighted by Gasteiger charge is 2.40. The molecule has 27 heavy (non-hydrogen) atoms. The molecule has 2 aromatic carbocycles. The molecule has 0 saturated carbocycles. The van der Waals surface area contributed by atoms with Gasteiger partial charge in [0.2, 0.25) is 0 Å². The zero-order chi connectivity index (χ0) is 18.8. The van der Waals surface area contributed by atoms with Crippen molar-refractivity contribution in [2.45, 2.75) is 19.0 Å². The highest BCUT2D eigenvalue weighted by atomic mass is 16.3. The zero-order valence-corrected chi connectivity index (χ0v) is 15.3. The number of hydrazine groups is 1. The van der Waals surface area contributed by atoms with Crippen molar-refractivity contribution in [3.63, 3.8) is 0 Å². The molecule has 5 nitrogen and oxygen atoms in total. The largest absolute Gasteiger partial charge is 0.319 e. The van der Waals surface area contributed by atoms with Gasteiger partial charge in [0, 0.05) is 31.3 Å². The lowest BCUT2D eigenvalue weighted by Crippen LogP contribution is -2.28. The summed E-state index contributed by atoms with van der Waals surface area (Å²) in [5.41, 5.74) is 4.09. The topological polar surface area (TPSA) is 45.3 Å². The summed E-state index contributed by atoms with van der Waals surface area (Å²) in [6.45, 7) is 1.13. The summed E-state index contributed by atoms with van der Waals surface area (Å²) in [4.78, 5) is 25.7. The third kappa shape index (κ3) is 3.53. The number of hydrogen-bond acceptors (Lipinski definition) is 2. The molecule has 1 atom stereocenters. The fraction of sp³-hybridized carbons (Fsp3) is 0.227. The third-order valence-corrected chi connectivity index (χ3v) is 5.12. The van der Waals surface area contributed by atoms with Crippen LogP contribution < -0.4 is 5.56 Å². The molecule has 0 amide bonds. The van der Waals surface area contributed by atoms with Gasteiger partial charge in [-0.2, -0.15) is 0 Å². The van der Waals surface area contributed by atoms with E-state index < -0.39 is 0 Å². The number of aryl methyl sites for hydroxylation is 1. The molecule has 136 valence electrons. The lowest BCUT2D eigenvalue weighted by molar-refractivity contribution is -0.720. The highest BCUT2D eigenvalue weighted by Crippen LogP contribution is 2.31. The van der Waals surface area contributed by atoms with E-state index >= 15 is 0 Å². The minimum atomic E-state index is -0.194. The van der Waals surface area contributed by atoms with Crippen LogP contribution in [0, 0.1) is 4.91 Å². The molecule has 0 aliphatic carbocycles. The van der Waals surface area contributed by atoms with Crippen LogP contribution in [-0.2, 0) is 13.6 Å². The molecule has 1 aromatic heterocycles. The third-order valence-electron chi connectivity index (χ3n) is 5.12. The van der Waals surface area contributed by atoms with Gasteiger partial charge in [-0.05, 0) is 28.8 Å². The highest BCUT2D eigenvalue weighted by molar-refractivity contribution is 5.64. The van der Waals surface area contributed by atoms with Gasteiger partial charge in [-0.1, -0.05) is 48.5 Å². The molecule has 4 rings (SSSR count). The van der Waals surface area contributed by atoms with Gasteiger partial charge in [-0.15, -0.1) is 5.01 Å². The standard InChI is InChI=1S/C22H22N3O2/c1-23-12-10-17(14-22(23)26)16-24-13-11-21(25(24)27)20-9-5-8-19(15-20)18-6-3-2-4-7-18/h2-10,12,14-15,21H,11,13,16H2,1H3/q+1. The summed E-state index contributed by atoms with van der Waals surface area (Å²) >= 11 is 0. The summed E-state index contributed by atoms with van der Waals surface area (Å²) in [7, 11) is 1.72. The minimum Gasteiger partial charge on any atom is -0.319 e. The number of nitroso groups, excluding NO2 is 1. The van der Waals surface area contributed by atoms with E-state index in [-0.39, 0.29) is 11.6 Å². The number of hydrogen-bond donors (Lipinski definition) is 0. The van der Waals surface area contributed by atoms with Gasteiger partial charge in [0.1, 0.15) is 11.4 Å². The second kappa shape index (κ2) is 7.19. The molecule has 3 aromatic rings. The van der Waals surface area contributed by atoms with Gasteiger partial charge in [-0.3, -0.25) is 4.79 Å². The van der Waals surface area contributed by atoms with Crippen molar-refractivity contribution in [2.75, 3.05) is 6.54 Å². The van der Waals surface area contributed by atoms with E-state index in [1.165, 1.54) is 4.57 Å². The molecule has 5 heteroatoms. The summed E-state index contributed by atoms with van der Waals surface area (Å²) in [6, 6.07) is 21.7. The number of nitrogens with zero attached hydrogens (tertiary/aromatic N) is 3. The SMILES string of the molecule is Cn1ccc(CN2CCC(c3cccc(-c4ccccc4)c3)[N+]2=O)cc1=O. The van der Waals surface area contributed by atoms with Gasteiger partial charge in [-0.25, -0.2) is 0 Å². The molecule has 1 aliphatic rings. The molecule has 0 spiro atoms. The molecule has 2 heterocycles. The quantitative estimate of drug-likeness (QED) is 0.667. The zero-order valence-electron chi connectivity index (χ0n) is 15.3. The van der Waals surface area contributed by atoms with Gasteiger partial charge < -0.3 is 4.57 Å². The maximum atomic E-state index is 12.9. The second-order valence-electron chi connectivity index (χ2n) is 6.97. The van der Waals surface area contributed by atoms with Crippen LogP contribution in [-0.4, -0.2) is 21.0 Å². The predicted octanol–water partition coefficient (Wildman–Crippen LogP) is 3.69. The fourth-order valence-corrected chi connectivity index (χ4v) is 3.58. The van der Waals surface area contributed by atoms with E-state index in [1.807, 2.05) is 36.4 Å². The Morgan fingerprint density at radius 3 is 2.56 bits per heavy atom. The lowest BCUT2D eigenvalue weighted by Gasteiger charge is -2.10. The van der Waals surface area contributed by atoms with Crippen LogP contribution in [0.4, 0.5) is 0 Å². The first-order chi connectivity index (χ1) is 13.1. The van der Waals surface area contributed by atoms with Crippen molar-refractivity contribution in [3.8, 4) is 11.1 Å². The van der Waals surface area contributed by atoms with Crippen molar-refractivity contribution < 1.29 is 4.87 Å². The Morgan fingerprint density at radius 2 is 1.78 bits per heavy atom. The Hall–Kier alpha value is -3.21. The van der Waals surface area contributed by atoms with Crippen LogP contribution >= 0.6 is 0 Å². The molecular formula is C22H22N3O2+. The van der Waals surface area contributed by atoms with E-state index in [1.54, 1.807) is 24.3 Å². The number of aromatic nitrogens is 1. The van der Waals surface area contributed by atoms with Crippen LogP contribution in [0.1, 0.15) is 23.6 Å². The number of benzene rings is 2. The Bertz CT molecular complexity index is 1030. The monoisotopic (exact) mass is 360 g/mol. The van der Waals surface area contributed by atoms with Gasteiger partial charge in [0.15, 0.2) is 0 Å². The van der Waals surface area contributed by atoms with Crippen molar-refractivity contribution in [2.24, 2.45) is 7.05 Å². The van der Waals surface area contributed by atoms with Gasteiger partial charge in [0.25, 0.3) is 11.6 Å². The Kier molecular flexibility index (Phi) is 4.59. The second-order valence-corrected chi connectivity index (χ2v) is 6.97. The molecule has 0 radical (unpaired) electrons. The van der Waals surface area contributed by atoms with E-state index in [0.717, 1.165) is 33.5 Å². The average molecular weight is 360 g/mol. The van der Waals surface area contributed by atoms with E-state index in [0.29, 0.717) is 13.1 Å². The van der Waals surface area contributed by atoms with Crippen LogP contribution in [0.25, 0.3) is 11.1 Å². The summed E-state index contributed by atoms with van der Waals surface area (Å²) in [5.74, 6) is 0. The first-order valence-electron chi connectivity index (χ1n) is 9.14. The molecular weight excluding hydrogens is 338 g/mol. The van der Waals surface area contributed by atoms with E-state index in [2.05, 4.69) is 24.3 Å². The smallest absolute Gasteiger partial charge is 0.261 e. The van der Waals surface area contributed by atoms with Crippen LogP contribution in [0.3, 0.4) is 0 Å². The Balaban J connectivity index is 1.53. The predicted molar refractivity (Wildman–Crippen MR) is 105 cm³/mol. The molecule has 0 N–H and O–H groups in total. The summed E-state index contributed by atoms with van der Waals surface area (Å²) < 4.78 is 1.53. The molecule has 0 bridgehead atoms. The van der Waals surface area contributed by atoms with E-state index in [9.17, 15) is 9.70 Å². The molecule has 1 unspecified atom stereocenters. The molecule has 1 fully saturated rings. The first kappa shape index (κ1) is 17.2. The Labute approximate surface area is 158 Å². The summed E-state index contributed by atoms with van der Waals surface area (Å²) in [6.07, 6.45) is 2.51. The van der Waals surface area contributed by atoms with E-state index in [4.69, 9.17) is 0 Å². The number of pyridine rings is 1.